The molecule has 9 heavy (non-hydrogen) atoms. The molecule has 0 fully saturated rings. The molecule has 0 aromatic rings. The molecule has 0 saturated carbocycles. The molecule has 1 atom stereocenters. The average Bonchev–Trinajstić information content (AvgIpc) is 1.88. The summed E-state index contributed by atoms with van der Waals surface area (Å²) in [7, 11) is 1.83. The molecule has 0 aromatic carbocycles. The minimum Gasteiger partial charge on any atom is -0.330 e. The second kappa shape index (κ2) is 5.75. The van der Waals surface area contributed by atoms with E-state index in [9.17, 15) is 0 Å². The normalized spacial score (nSPS) is 13.1. The van der Waals surface area contributed by atoms with Crippen molar-refractivity contribution in [3.05, 3.63) is 12.7 Å². The number of hydrogen-bond acceptors (Lipinski definition) is 3. The largest absolute Gasteiger partial charge is 0.330 e. The molecule has 0 rings (SSSR count). The third-order valence-electron chi connectivity index (χ3n) is 1.09. The summed E-state index contributed by atoms with van der Waals surface area (Å²) in [5.74, 6) is 0. The summed E-state index contributed by atoms with van der Waals surface area (Å²) < 4.78 is 0. The van der Waals surface area contributed by atoms with Crippen molar-refractivity contribution in [3.8, 4) is 0 Å². The Morgan fingerprint density at radius 2 is 2.44 bits per heavy atom. The lowest BCUT2D eigenvalue weighted by atomic mass is 10.2. The summed E-state index contributed by atoms with van der Waals surface area (Å²) in [5, 5.41) is 0. The smallest absolute Gasteiger partial charge is 0.0402 e. The fourth-order valence-corrected chi connectivity index (χ4v) is 0.614. The summed E-state index contributed by atoms with van der Waals surface area (Å²) in [6.07, 6.45) is 2.76. The summed E-state index contributed by atoms with van der Waals surface area (Å²) in [6.45, 7) is 4.33. The van der Waals surface area contributed by atoms with Crippen LogP contribution in [0.3, 0.4) is 0 Å². The molecule has 0 heterocycles. The van der Waals surface area contributed by atoms with E-state index < -0.39 is 0 Å². The van der Waals surface area contributed by atoms with Gasteiger partial charge in [0.2, 0.25) is 0 Å². The van der Waals surface area contributed by atoms with Gasteiger partial charge in [0.05, 0.1) is 0 Å². The molecule has 1 unspecified atom stereocenters. The third-order valence-corrected chi connectivity index (χ3v) is 1.09. The molecule has 4 N–H and O–H groups in total. The zero-order chi connectivity index (χ0) is 7.11. The zero-order valence-corrected chi connectivity index (χ0v) is 5.85. The van der Waals surface area contributed by atoms with Gasteiger partial charge in [-0.25, -0.2) is 0 Å². The molecular weight excluding hydrogens is 114 g/mol. The maximum Gasteiger partial charge on any atom is 0.0402 e. The molecule has 0 aliphatic rings. The van der Waals surface area contributed by atoms with Gasteiger partial charge in [0.25, 0.3) is 0 Å². The summed E-state index contributed by atoms with van der Waals surface area (Å²) >= 11 is 0. The van der Waals surface area contributed by atoms with E-state index in [4.69, 9.17) is 5.73 Å². The topological polar surface area (TPSA) is 50.1 Å². The first-order valence-electron chi connectivity index (χ1n) is 3.10. The lowest BCUT2D eigenvalue weighted by molar-refractivity contribution is 0.503. The van der Waals surface area contributed by atoms with E-state index in [1.807, 2.05) is 13.1 Å². The van der Waals surface area contributed by atoms with Gasteiger partial charge in [0.1, 0.15) is 0 Å². The minimum atomic E-state index is 0.292. The van der Waals surface area contributed by atoms with Crippen molar-refractivity contribution in [2.75, 3.05) is 13.6 Å². The third kappa shape index (κ3) is 4.14. The zero-order valence-electron chi connectivity index (χ0n) is 5.85. The van der Waals surface area contributed by atoms with Gasteiger partial charge in [-0.1, -0.05) is 6.08 Å². The number of nitrogens with two attached hydrogens (primary N) is 1. The molecule has 0 spiro atoms. The number of hydrogen-bond donors (Lipinski definition) is 3. The number of rotatable bonds is 5. The van der Waals surface area contributed by atoms with Gasteiger partial charge in [0.15, 0.2) is 0 Å². The fourth-order valence-electron chi connectivity index (χ4n) is 0.614. The van der Waals surface area contributed by atoms with Crippen molar-refractivity contribution in [3.63, 3.8) is 0 Å². The molecule has 0 amide bonds. The van der Waals surface area contributed by atoms with E-state index in [0.717, 1.165) is 6.42 Å². The van der Waals surface area contributed by atoms with E-state index in [1.165, 1.54) is 0 Å². The van der Waals surface area contributed by atoms with Crippen LogP contribution in [0, 0.1) is 0 Å². The van der Waals surface area contributed by atoms with Crippen LogP contribution in [0.1, 0.15) is 6.42 Å². The molecule has 0 aromatic heterocycles. The van der Waals surface area contributed by atoms with Crippen LogP contribution in [0.15, 0.2) is 12.7 Å². The van der Waals surface area contributed by atoms with Crippen LogP contribution in [-0.2, 0) is 0 Å². The van der Waals surface area contributed by atoms with E-state index in [1.54, 1.807) is 0 Å². The van der Waals surface area contributed by atoms with E-state index in [2.05, 4.69) is 17.4 Å². The van der Waals surface area contributed by atoms with Crippen LogP contribution in [0.4, 0.5) is 0 Å². The second-order valence-corrected chi connectivity index (χ2v) is 1.81. The van der Waals surface area contributed by atoms with Gasteiger partial charge in [-0.3, -0.25) is 10.9 Å². The highest BCUT2D eigenvalue weighted by atomic mass is 15.3. The van der Waals surface area contributed by atoms with Crippen LogP contribution >= 0.6 is 0 Å². The Kier molecular flexibility index (Phi) is 5.51. The van der Waals surface area contributed by atoms with Crippen LogP contribution in [0.5, 0.6) is 0 Å². The fraction of sp³-hybridized carbons (Fsp3) is 0.667. The Labute approximate surface area is 56.3 Å². The predicted molar refractivity (Wildman–Crippen MR) is 39.9 cm³/mol. The molecule has 0 bridgehead atoms. The number of hydrazine groups is 1. The Hall–Kier alpha value is -0.380. The van der Waals surface area contributed by atoms with Crippen molar-refractivity contribution in [1.82, 2.24) is 10.9 Å². The average molecular weight is 129 g/mol. The highest BCUT2D eigenvalue weighted by Crippen LogP contribution is 1.86. The molecule has 0 aliphatic carbocycles. The van der Waals surface area contributed by atoms with Gasteiger partial charge in [0, 0.05) is 6.04 Å². The Bertz CT molecular complexity index is 66.7. The van der Waals surface area contributed by atoms with Crippen molar-refractivity contribution in [2.24, 2.45) is 5.73 Å². The van der Waals surface area contributed by atoms with E-state index in [-0.39, 0.29) is 0 Å². The summed E-state index contributed by atoms with van der Waals surface area (Å²) in [5.41, 5.74) is 11.1. The van der Waals surface area contributed by atoms with E-state index in [0.29, 0.717) is 12.6 Å². The molecule has 54 valence electrons. The molecule has 0 saturated heterocycles. The summed E-state index contributed by atoms with van der Waals surface area (Å²) in [6, 6.07) is 0.292. The monoisotopic (exact) mass is 129 g/mol. The quantitative estimate of drug-likeness (QED) is 0.350. The molecular formula is C6H15N3. The molecule has 0 aliphatic heterocycles. The SMILES string of the molecule is C=CC(CCN)NNC. The number of nitrogens with one attached hydrogen (secondary N) is 2. The minimum absolute atomic E-state index is 0.292. The van der Waals surface area contributed by atoms with Crippen LogP contribution < -0.4 is 16.6 Å². The maximum absolute atomic E-state index is 5.32. The van der Waals surface area contributed by atoms with Crippen LogP contribution in [0.25, 0.3) is 0 Å². The van der Waals surface area contributed by atoms with Crippen LogP contribution in [-0.4, -0.2) is 19.6 Å². The first-order valence-corrected chi connectivity index (χ1v) is 3.10. The standard InChI is InChI=1S/C6H15N3/c1-3-6(4-5-7)9-8-2/h3,6,8-9H,1,4-5,7H2,2H3. The van der Waals surface area contributed by atoms with Gasteiger partial charge in [-0.2, -0.15) is 0 Å². The van der Waals surface area contributed by atoms with Gasteiger partial charge < -0.3 is 5.73 Å². The molecule has 3 nitrogen and oxygen atoms in total. The van der Waals surface area contributed by atoms with Crippen molar-refractivity contribution >= 4 is 0 Å². The molecule has 3 heteroatoms. The van der Waals surface area contributed by atoms with Crippen molar-refractivity contribution < 1.29 is 0 Å². The summed E-state index contributed by atoms with van der Waals surface area (Å²) in [4.78, 5) is 0. The van der Waals surface area contributed by atoms with Gasteiger partial charge >= 0.3 is 0 Å². The van der Waals surface area contributed by atoms with Gasteiger partial charge in [-0.15, -0.1) is 6.58 Å². The molecule has 0 radical (unpaired) electrons. The van der Waals surface area contributed by atoms with Crippen LogP contribution in [0.2, 0.25) is 0 Å². The second-order valence-electron chi connectivity index (χ2n) is 1.81. The van der Waals surface area contributed by atoms with Crippen molar-refractivity contribution in [1.29, 1.82) is 0 Å². The predicted octanol–water partition coefficient (Wildman–Crippen LogP) is -0.386. The Morgan fingerprint density at radius 1 is 1.78 bits per heavy atom. The van der Waals surface area contributed by atoms with Gasteiger partial charge in [-0.05, 0) is 20.0 Å². The lowest BCUT2D eigenvalue weighted by Gasteiger charge is -2.11. The van der Waals surface area contributed by atoms with E-state index >= 15 is 0 Å². The highest BCUT2D eigenvalue weighted by Gasteiger charge is 1.97. The first kappa shape index (κ1) is 8.62. The first-order chi connectivity index (χ1) is 4.35. The Balaban J connectivity index is 3.29. The highest BCUT2D eigenvalue weighted by molar-refractivity contribution is 4.83. The van der Waals surface area contributed by atoms with Crippen molar-refractivity contribution in [2.45, 2.75) is 12.5 Å². The lowest BCUT2D eigenvalue weighted by Crippen LogP contribution is -2.38. The Morgan fingerprint density at radius 3 is 2.78 bits per heavy atom. The maximum atomic E-state index is 5.32.